The van der Waals surface area contributed by atoms with Gasteiger partial charge in [0, 0.05) is 23.5 Å². The third kappa shape index (κ3) is 2.72. The van der Waals surface area contributed by atoms with E-state index in [0.29, 0.717) is 10.0 Å². The first-order valence-corrected chi connectivity index (χ1v) is 6.79. The number of hydrogen-bond acceptors (Lipinski definition) is 1. The molecule has 0 spiro atoms. The highest BCUT2D eigenvalue weighted by molar-refractivity contribution is 9.15. The van der Waals surface area contributed by atoms with E-state index in [1.807, 2.05) is 0 Å². The van der Waals surface area contributed by atoms with Crippen molar-refractivity contribution in [3.8, 4) is 0 Å². The van der Waals surface area contributed by atoms with E-state index in [4.69, 9.17) is 5.11 Å². The van der Waals surface area contributed by atoms with Crippen molar-refractivity contribution in [2.24, 2.45) is 0 Å². The number of halogens is 4. The fourth-order valence-corrected chi connectivity index (χ4v) is 3.16. The molecule has 0 aliphatic carbocycles. The molecule has 0 amide bonds. The molecule has 0 saturated carbocycles. The van der Waals surface area contributed by atoms with Crippen LogP contribution in [0.1, 0.15) is 5.56 Å². The Labute approximate surface area is 120 Å². The molecule has 1 rings (SSSR count). The first kappa shape index (κ1) is 13.4. The average Bonchev–Trinajstić information content (AvgIpc) is 2.19. The Balaban J connectivity index is 3.45. The molecule has 80 valence electrons. The van der Waals surface area contributed by atoms with Crippen LogP contribution in [0.5, 0.6) is 0 Å². The number of carbonyl (C=O) groups is 1. The summed E-state index contributed by atoms with van der Waals surface area (Å²) in [4.78, 5) is 10.8. The lowest BCUT2D eigenvalue weighted by molar-refractivity contribution is -0.130. The van der Waals surface area contributed by atoms with Crippen molar-refractivity contribution < 1.29 is 9.90 Å². The van der Waals surface area contributed by atoms with Gasteiger partial charge in [-0.25, -0.2) is 4.79 Å². The molecule has 1 aromatic rings. The summed E-state index contributed by atoms with van der Waals surface area (Å²) in [6.07, 6.45) is 0. The lowest BCUT2D eigenvalue weighted by Crippen LogP contribution is -1.99. The van der Waals surface area contributed by atoms with E-state index in [1.54, 1.807) is 6.07 Å². The molecule has 0 radical (unpaired) electrons. The van der Waals surface area contributed by atoms with Crippen molar-refractivity contribution in [1.82, 2.24) is 0 Å². The first-order chi connectivity index (χ1) is 6.86. The zero-order valence-corrected chi connectivity index (χ0v) is 13.5. The normalized spacial score (nSPS) is 10.1. The summed E-state index contributed by atoms with van der Waals surface area (Å²) in [6, 6.07) is 1.69. The summed E-state index contributed by atoms with van der Waals surface area (Å²) in [7, 11) is 0. The zero-order valence-electron chi connectivity index (χ0n) is 7.15. The largest absolute Gasteiger partial charge is 0.478 e. The molecule has 0 aliphatic rings. The Hall–Kier alpha value is 0.350. The number of aliphatic carboxylic acids is 1. The fraction of sp³-hybridized carbons (Fsp3) is 0. The van der Waals surface area contributed by atoms with Crippen LogP contribution in [0.3, 0.4) is 0 Å². The van der Waals surface area contributed by atoms with Crippen LogP contribution in [0.4, 0.5) is 0 Å². The van der Waals surface area contributed by atoms with Gasteiger partial charge < -0.3 is 5.11 Å². The van der Waals surface area contributed by atoms with Gasteiger partial charge in [0.25, 0.3) is 0 Å². The van der Waals surface area contributed by atoms with E-state index in [-0.39, 0.29) is 5.57 Å². The zero-order chi connectivity index (χ0) is 11.7. The van der Waals surface area contributed by atoms with Gasteiger partial charge in [-0.1, -0.05) is 6.58 Å². The molecule has 0 aromatic heterocycles. The van der Waals surface area contributed by atoms with E-state index >= 15 is 0 Å². The predicted molar refractivity (Wildman–Crippen MR) is 73.9 cm³/mol. The summed E-state index contributed by atoms with van der Waals surface area (Å²) in [5.74, 6) is -1.04. The lowest BCUT2D eigenvalue weighted by atomic mass is 10.1. The summed E-state index contributed by atoms with van der Waals surface area (Å²) in [5.41, 5.74) is 0.570. The molecule has 0 atom stereocenters. The molecule has 0 fully saturated rings. The third-order valence-corrected chi connectivity index (χ3v) is 6.35. The van der Waals surface area contributed by atoms with Crippen molar-refractivity contribution in [3.05, 3.63) is 36.1 Å². The number of carboxylic acid groups (broad SMARTS) is 1. The second-order valence-corrected chi connectivity index (χ2v) is 5.86. The molecule has 15 heavy (non-hydrogen) atoms. The molecule has 0 saturated heterocycles. The van der Waals surface area contributed by atoms with Crippen molar-refractivity contribution in [2.75, 3.05) is 0 Å². The molecule has 1 N–H and O–H groups in total. The molecule has 0 heterocycles. The van der Waals surface area contributed by atoms with Crippen LogP contribution < -0.4 is 0 Å². The van der Waals surface area contributed by atoms with Crippen LogP contribution in [-0.4, -0.2) is 11.1 Å². The van der Waals surface area contributed by atoms with Gasteiger partial charge in [0.15, 0.2) is 0 Å². The van der Waals surface area contributed by atoms with Gasteiger partial charge >= 0.3 is 5.97 Å². The Morgan fingerprint density at radius 3 is 2.13 bits per heavy atom. The van der Waals surface area contributed by atoms with E-state index in [1.165, 1.54) is 0 Å². The van der Waals surface area contributed by atoms with Crippen molar-refractivity contribution in [1.29, 1.82) is 0 Å². The Morgan fingerprint density at radius 2 is 1.67 bits per heavy atom. The Bertz CT molecular complexity index is 454. The number of rotatable bonds is 2. The second-order valence-electron chi connectivity index (χ2n) is 2.63. The molecule has 0 bridgehead atoms. The van der Waals surface area contributed by atoms with Crippen LogP contribution in [0.15, 0.2) is 30.5 Å². The van der Waals surface area contributed by atoms with Gasteiger partial charge in [-0.15, -0.1) is 0 Å². The van der Waals surface area contributed by atoms with Crippen molar-refractivity contribution in [2.45, 2.75) is 0 Å². The van der Waals surface area contributed by atoms with E-state index < -0.39 is 5.97 Å². The number of hydrogen-bond donors (Lipinski definition) is 1. The van der Waals surface area contributed by atoms with Crippen LogP contribution >= 0.6 is 63.7 Å². The minimum atomic E-state index is -1.04. The van der Waals surface area contributed by atoms with Gasteiger partial charge in [-0.3, -0.25) is 0 Å². The van der Waals surface area contributed by atoms with Crippen LogP contribution in [0, 0.1) is 0 Å². The van der Waals surface area contributed by atoms with Crippen molar-refractivity contribution in [3.63, 3.8) is 0 Å². The third-order valence-electron chi connectivity index (χ3n) is 1.69. The summed E-state index contributed by atoms with van der Waals surface area (Å²) in [6.45, 7) is 3.51. The maximum atomic E-state index is 10.8. The van der Waals surface area contributed by atoms with E-state index in [9.17, 15) is 4.79 Å². The van der Waals surface area contributed by atoms with Crippen LogP contribution in [0.2, 0.25) is 0 Å². The minimum Gasteiger partial charge on any atom is -0.478 e. The Morgan fingerprint density at radius 1 is 1.13 bits per heavy atom. The minimum absolute atomic E-state index is 0.0378. The fourth-order valence-electron chi connectivity index (χ4n) is 0.908. The van der Waals surface area contributed by atoms with Crippen LogP contribution in [0.25, 0.3) is 5.57 Å². The molecule has 2 nitrogen and oxygen atoms in total. The molecular formula is C9H4Br4O2. The maximum Gasteiger partial charge on any atom is 0.335 e. The first-order valence-electron chi connectivity index (χ1n) is 3.61. The van der Waals surface area contributed by atoms with Crippen molar-refractivity contribution >= 4 is 75.3 Å². The average molecular weight is 464 g/mol. The van der Waals surface area contributed by atoms with E-state index in [0.717, 1.165) is 13.4 Å². The lowest BCUT2D eigenvalue weighted by Gasteiger charge is -2.09. The molecular weight excluding hydrogens is 460 g/mol. The molecule has 6 heteroatoms. The summed E-state index contributed by atoms with van der Waals surface area (Å²) < 4.78 is 2.98. The summed E-state index contributed by atoms with van der Waals surface area (Å²) in [5, 5.41) is 8.85. The number of carboxylic acids is 1. The number of benzene rings is 1. The highest BCUT2D eigenvalue weighted by atomic mass is 79.9. The monoisotopic (exact) mass is 460 g/mol. The highest BCUT2D eigenvalue weighted by Gasteiger charge is 2.17. The predicted octanol–water partition coefficient (Wildman–Crippen LogP) is 4.83. The van der Waals surface area contributed by atoms with Gasteiger partial charge in [0.05, 0.1) is 5.57 Å². The van der Waals surface area contributed by atoms with Gasteiger partial charge in [0.2, 0.25) is 0 Å². The van der Waals surface area contributed by atoms with Gasteiger partial charge in [0.1, 0.15) is 0 Å². The molecule has 0 unspecified atom stereocenters. The quantitative estimate of drug-likeness (QED) is 0.387. The topological polar surface area (TPSA) is 37.3 Å². The molecule has 1 aromatic carbocycles. The summed E-state index contributed by atoms with van der Waals surface area (Å²) >= 11 is 13.3. The van der Waals surface area contributed by atoms with Crippen LogP contribution in [-0.2, 0) is 4.79 Å². The molecule has 0 aliphatic heterocycles. The second kappa shape index (κ2) is 5.12. The Kier molecular flexibility index (Phi) is 4.58. The smallest absolute Gasteiger partial charge is 0.335 e. The van der Waals surface area contributed by atoms with Gasteiger partial charge in [-0.05, 0) is 69.8 Å². The highest BCUT2D eigenvalue weighted by Crippen LogP contribution is 2.40. The maximum absolute atomic E-state index is 10.8. The SMILES string of the molecule is C=C(C(=O)O)c1cc(Br)c(Br)c(Br)c1Br. The van der Waals surface area contributed by atoms with Gasteiger partial charge in [-0.2, -0.15) is 0 Å². The van der Waals surface area contributed by atoms with E-state index in [2.05, 4.69) is 70.3 Å². The standard InChI is InChI=1S/C9H4Br4O2/c1-3(9(14)15)4-2-5(10)7(12)8(13)6(4)11/h2H,1H2,(H,14,15).